The van der Waals surface area contributed by atoms with E-state index in [-0.39, 0.29) is 36.7 Å². The molecule has 3 rings (SSSR count). The van der Waals surface area contributed by atoms with E-state index in [4.69, 9.17) is 16.0 Å². The number of benzene rings is 2. The van der Waals surface area contributed by atoms with Gasteiger partial charge in [-0.25, -0.2) is 0 Å². The van der Waals surface area contributed by atoms with Crippen LogP contribution in [0.4, 0.5) is 13.2 Å². The molecule has 9 heteroatoms. The van der Waals surface area contributed by atoms with Crippen LogP contribution in [-0.4, -0.2) is 27.0 Å². The topological polar surface area (TPSA) is 59.2 Å². The van der Waals surface area contributed by atoms with Crippen LogP contribution >= 0.6 is 11.6 Å². The second-order valence-corrected chi connectivity index (χ2v) is 7.37. The van der Waals surface area contributed by atoms with E-state index in [1.54, 1.807) is 24.3 Å². The Morgan fingerprint density at radius 3 is 2.37 bits per heavy atom. The Morgan fingerprint density at radius 2 is 1.77 bits per heavy atom. The molecule has 30 heavy (non-hydrogen) atoms. The summed E-state index contributed by atoms with van der Waals surface area (Å²) in [5, 5.41) is 8.44. The molecule has 1 amide bonds. The number of carbonyl (C=O) groups excluding carboxylic acids is 1. The second-order valence-electron chi connectivity index (χ2n) is 6.97. The fourth-order valence-corrected chi connectivity index (χ4v) is 3.07. The van der Waals surface area contributed by atoms with Gasteiger partial charge in [0.2, 0.25) is 17.7 Å². The van der Waals surface area contributed by atoms with Crippen LogP contribution in [0.2, 0.25) is 5.02 Å². The van der Waals surface area contributed by atoms with Gasteiger partial charge >= 0.3 is 6.18 Å². The molecule has 0 aliphatic heterocycles. The Morgan fingerprint density at radius 1 is 1.10 bits per heavy atom. The van der Waals surface area contributed by atoms with E-state index in [1.807, 2.05) is 13.8 Å². The monoisotopic (exact) mass is 437 g/mol. The van der Waals surface area contributed by atoms with Gasteiger partial charge in [0.25, 0.3) is 0 Å². The molecule has 0 atom stereocenters. The molecule has 1 heterocycles. The first-order valence-electron chi connectivity index (χ1n) is 9.18. The molecule has 0 spiro atoms. The summed E-state index contributed by atoms with van der Waals surface area (Å²) in [5.41, 5.74) is 0.323. The van der Waals surface area contributed by atoms with Gasteiger partial charge in [0, 0.05) is 6.04 Å². The zero-order chi connectivity index (χ0) is 21.9. The van der Waals surface area contributed by atoms with Crippen molar-refractivity contribution >= 4 is 17.5 Å². The van der Waals surface area contributed by atoms with Gasteiger partial charge in [-0.05, 0) is 43.7 Å². The highest BCUT2D eigenvalue weighted by molar-refractivity contribution is 6.33. The van der Waals surface area contributed by atoms with E-state index in [2.05, 4.69) is 10.2 Å². The molecular weight excluding hydrogens is 419 g/mol. The number of hydrogen-bond acceptors (Lipinski definition) is 4. The van der Waals surface area contributed by atoms with Gasteiger partial charge in [-0.3, -0.25) is 4.79 Å². The third-order valence-electron chi connectivity index (χ3n) is 4.46. The number of hydrogen-bond donors (Lipinski definition) is 0. The average molecular weight is 438 g/mol. The normalized spacial score (nSPS) is 11.7. The Hall–Kier alpha value is -2.87. The van der Waals surface area contributed by atoms with Crippen LogP contribution in [0.25, 0.3) is 11.5 Å². The lowest BCUT2D eigenvalue weighted by atomic mass is 10.1. The zero-order valence-corrected chi connectivity index (χ0v) is 17.0. The van der Waals surface area contributed by atoms with E-state index >= 15 is 0 Å². The highest BCUT2D eigenvalue weighted by Gasteiger charge is 2.30. The number of aromatic nitrogens is 2. The van der Waals surface area contributed by atoms with Gasteiger partial charge in [0.1, 0.15) is 0 Å². The lowest BCUT2D eigenvalue weighted by molar-refractivity contribution is -0.137. The summed E-state index contributed by atoms with van der Waals surface area (Å²) in [4.78, 5) is 14.3. The Balaban J connectivity index is 1.72. The molecule has 0 radical (unpaired) electrons. The molecule has 5 nitrogen and oxygen atoms in total. The van der Waals surface area contributed by atoms with E-state index in [0.717, 1.165) is 12.1 Å². The van der Waals surface area contributed by atoms with Crippen molar-refractivity contribution in [3.05, 3.63) is 70.6 Å². The molecule has 0 aliphatic rings. The van der Waals surface area contributed by atoms with Crippen molar-refractivity contribution in [1.82, 2.24) is 15.1 Å². The third-order valence-corrected chi connectivity index (χ3v) is 4.79. The van der Waals surface area contributed by atoms with E-state index in [0.29, 0.717) is 16.1 Å². The summed E-state index contributed by atoms with van der Waals surface area (Å²) < 4.78 is 43.8. The maximum Gasteiger partial charge on any atom is 0.416 e. The first-order valence-corrected chi connectivity index (χ1v) is 9.56. The van der Waals surface area contributed by atoms with Crippen LogP contribution in [0.3, 0.4) is 0 Å². The van der Waals surface area contributed by atoms with Crippen LogP contribution in [0.15, 0.2) is 52.9 Å². The average Bonchev–Trinajstić information content (AvgIpc) is 3.14. The SMILES string of the molecule is CC(C)N(Cc1nnc(-c2ccccc2Cl)o1)C(=O)Cc1ccc(C(F)(F)F)cc1. The van der Waals surface area contributed by atoms with Gasteiger partial charge in [0.05, 0.1) is 29.1 Å². The highest BCUT2D eigenvalue weighted by atomic mass is 35.5. The maximum absolute atomic E-state index is 12.8. The van der Waals surface area contributed by atoms with Crippen molar-refractivity contribution in [1.29, 1.82) is 0 Å². The zero-order valence-electron chi connectivity index (χ0n) is 16.3. The summed E-state index contributed by atoms with van der Waals surface area (Å²) in [6.45, 7) is 3.74. The van der Waals surface area contributed by atoms with Crippen LogP contribution in [0.5, 0.6) is 0 Å². The van der Waals surface area contributed by atoms with Crippen LogP contribution < -0.4 is 0 Å². The van der Waals surface area contributed by atoms with Crippen LogP contribution in [0, 0.1) is 0 Å². The largest absolute Gasteiger partial charge is 0.419 e. The molecule has 0 N–H and O–H groups in total. The van der Waals surface area contributed by atoms with Crippen LogP contribution in [-0.2, 0) is 23.9 Å². The quantitative estimate of drug-likeness (QED) is 0.519. The van der Waals surface area contributed by atoms with Gasteiger partial charge in [-0.1, -0.05) is 35.9 Å². The molecule has 158 valence electrons. The van der Waals surface area contributed by atoms with E-state index in [9.17, 15) is 18.0 Å². The van der Waals surface area contributed by atoms with Crippen molar-refractivity contribution in [2.45, 2.75) is 39.0 Å². The molecular formula is C21H19ClF3N3O2. The standard InChI is InChI=1S/C21H19ClF3N3O2/c1-13(2)28(19(29)11-14-7-9-15(10-8-14)21(23,24)25)12-18-26-27-20(30-18)16-5-3-4-6-17(16)22/h3-10,13H,11-12H2,1-2H3. The molecule has 0 bridgehead atoms. The van der Waals surface area contributed by atoms with Gasteiger partial charge < -0.3 is 9.32 Å². The van der Waals surface area contributed by atoms with Crippen molar-refractivity contribution < 1.29 is 22.4 Å². The summed E-state index contributed by atoms with van der Waals surface area (Å²) in [6.07, 6.45) is -4.45. The molecule has 2 aromatic carbocycles. The minimum Gasteiger partial charge on any atom is -0.419 e. The number of amides is 1. The van der Waals surface area contributed by atoms with Crippen molar-refractivity contribution in [2.75, 3.05) is 0 Å². The number of alkyl halides is 3. The lowest BCUT2D eigenvalue weighted by Crippen LogP contribution is -2.37. The fraction of sp³-hybridized carbons (Fsp3) is 0.286. The van der Waals surface area contributed by atoms with Crippen molar-refractivity contribution in [3.8, 4) is 11.5 Å². The molecule has 0 unspecified atom stereocenters. The highest BCUT2D eigenvalue weighted by Crippen LogP contribution is 2.29. The molecule has 0 saturated carbocycles. The van der Waals surface area contributed by atoms with E-state index < -0.39 is 11.7 Å². The first kappa shape index (κ1) is 21.8. The molecule has 3 aromatic rings. The number of nitrogens with zero attached hydrogens (tertiary/aromatic N) is 3. The number of carbonyl (C=O) groups is 1. The minimum atomic E-state index is -4.41. The number of rotatable bonds is 6. The first-order chi connectivity index (χ1) is 14.1. The maximum atomic E-state index is 12.8. The number of halogens is 4. The van der Waals surface area contributed by atoms with Gasteiger partial charge in [0.15, 0.2) is 0 Å². The molecule has 1 aromatic heterocycles. The molecule has 0 saturated heterocycles. The minimum absolute atomic E-state index is 0.0399. The van der Waals surface area contributed by atoms with Crippen molar-refractivity contribution in [2.24, 2.45) is 0 Å². The second kappa shape index (κ2) is 8.87. The summed E-state index contributed by atoms with van der Waals surface area (Å²) in [6, 6.07) is 11.4. The fourth-order valence-electron chi connectivity index (χ4n) is 2.85. The summed E-state index contributed by atoms with van der Waals surface area (Å²) in [7, 11) is 0. The van der Waals surface area contributed by atoms with Gasteiger partial charge in [-0.15, -0.1) is 10.2 Å². The predicted molar refractivity (Wildman–Crippen MR) is 106 cm³/mol. The Bertz CT molecular complexity index is 1020. The van der Waals surface area contributed by atoms with Crippen molar-refractivity contribution in [3.63, 3.8) is 0 Å². The van der Waals surface area contributed by atoms with Gasteiger partial charge in [-0.2, -0.15) is 13.2 Å². The van der Waals surface area contributed by atoms with Crippen LogP contribution in [0.1, 0.15) is 30.9 Å². The molecule has 0 fully saturated rings. The third kappa shape index (κ3) is 5.18. The lowest BCUT2D eigenvalue weighted by Gasteiger charge is -2.25. The summed E-state index contributed by atoms with van der Waals surface area (Å²) >= 11 is 6.14. The predicted octanol–water partition coefficient (Wildman–Crippen LogP) is 5.39. The molecule has 0 aliphatic carbocycles. The Kier molecular flexibility index (Phi) is 6.45. The Labute approximate surface area is 176 Å². The smallest absolute Gasteiger partial charge is 0.416 e. The van der Waals surface area contributed by atoms with E-state index in [1.165, 1.54) is 17.0 Å². The summed E-state index contributed by atoms with van der Waals surface area (Å²) in [5.74, 6) is 0.219.